The summed E-state index contributed by atoms with van der Waals surface area (Å²) in [6.07, 6.45) is 3.35. The zero-order valence-corrected chi connectivity index (χ0v) is 18.7. The molecule has 0 heterocycles. The molecule has 8 heteroatoms. The number of rotatable bonds is 9. The van der Waals surface area contributed by atoms with E-state index in [1.165, 1.54) is 0 Å². The Balaban J connectivity index is 0.00000529. The number of nitrogens with zero attached hydrogens (tertiary/aromatic N) is 1. The van der Waals surface area contributed by atoms with Gasteiger partial charge in [-0.2, -0.15) is 0 Å². The molecule has 1 rings (SSSR count). The van der Waals surface area contributed by atoms with Crippen molar-refractivity contribution < 1.29 is 13.2 Å². The van der Waals surface area contributed by atoms with E-state index in [9.17, 15) is 8.42 Å². The Morgan fingerprint density at radius 3 is 2.33 bits per heavy atom. The van der Waals surface area contributed by atoms with Gasteiger partial charge >= 0.3 is 0 Å². The summed E-state index contributed by atoms with van der Waals surface area (Å²) in [6.45, 7) is 9.22. The molecular weight excluding hydrogens is 441 g/mol. The molecule has 6 nitrogen and oxygen atoms in total. The minimum absolute atomic E-state index is 0. The summed E-state index contributed by atoms with van der Waals surface area (Å²) in [6, 6.07) is 0.308. The lowest BCUT2D eigenvalue weighted by Gasteiger charge is -2.55. The maximum absolute atomic E-state index is 11.6. The third kappa shape index (κ3) is 5.72. The molecule has 0 spiro atoms. The zero-order chi connectivity index (χ0) is 17.5. The van der Waals surface area contributed by atoms with Gasteiger partial charge in [0.2, 0.25) is 0 Å². The van der Waals surface area contributed by atoms with Crippen molar-refractivity contribution in [1.29, 1.82) is 0 Å². The van der Waals surface area contributed by atoms with Crippen LogP contribution in [0.1, 0.15) is 47.0 Å². The van der Waals surface area contributed by atoms with Crippen molar-refractivity contribution in [2.75, 3.05) is 31.7 Å². The molecule has 0 aliphatic heterocycles. The van der Waals surface area contributed by atoms with E-state index in [1.54, 1.807) is 14.0 Å². The van der Waals surface area contributed by atoms with Gasteiger partial charge in [0.05, 0.1) is 11.9 Å². The predicted octanol–water partition coefficient (Wildman–Crippen LogP) is 2.19. The zero-order valence-electron chi connectivity index (χ0n) is 15.6. The van der Waals surface area contributed by atoms with E-state index in [-0.39, 0.29) is 40.9 Å². The molecule has 1 aliphatic rings. The number of hydrogen-bond acceptors (Lipinski definition) is 4. The third-order valence-corrected chi connectivity index (χ3v) is 6.86. The lowest BCUT2D eigenvalue weighted by Crippen LogP contribution is -2.65. The van der Waals surface area contributed by atoms with E-state index in [0.717, 1.165) is 25.9 Å². The second-order valence-electron chi connectivity index (χ2n) is 6.05. The number of nitrogens with one attached hydrogen (secondary N) is 2. The van der Waals surface area contributed by atoms with Crippen LogP contribution in [0, 0.1) is 5.41 Å². The Labute approximate surface area is 164 Å². The van der Waals surface area contributed by atoms with E-state index in [0.29, 0.717) is 24.7 Å². The van der Waals surface area contributed by atoms with Gasteiger partial charge in [-0.15, -0.1) is 24.0 Å². The maximum atomic E-state index is 11.6. The largest absolute Gasteiger partial charge is 0.378 e. The van der Waals surface area contributed by atoms with E-state index in [4.69, 9.17) is 4.74 Å². The Morgan fingerprint density at radius 1 is 1.25 bits per heavy atom. The molecule has 2 atom stereocenters. The minimum Gasteiger partial charge on any atom is -0.378 e. The summed E-state index contributed by atoms with van der Waals surface area (Å²) in [4.78, 5) is 4.22. The van der Waals surface area contributed by atoms with Crippen LogP contribution in [0.2, 0.25) is 0 Å². The highest BCUT2D eigenvalue weighted by atomic mass is 127. The SMILES string of the molecule is CCOC1CC(NC(=NC)NCCS(=O)(=O)CC)C1(CC)CC.I. The van der Waals surface area contributed by atoms with Gasteiger partial charge in [-0.25, -0.2) is 8.42 Å². The molecule has 0 bridgehead atoms. The minimum atomic E-state index is -2.96. The molecule has 0 saturated heterocycles. The van der Waals surface area contributed by atoms with Crippen molar-refractivity contribution in [3.05, 3.63) is 0 Å². The summed E-state index contributed by atoms with van der Waals surface area (Å²) < 4.78 is 29.0. The maximum Gasteiger partial charge on any atom is 0.191 e. The lowest BCUT2D eigenvalue weighted by atomic mass is 9.58. The van der Waals surface area contributed by atoms with Gasteiger partial charge in [0.25, 0.3) is 0 Å². The second kappa shape index (κ2) is 10.8. The highest BCUT2D eigenvalue weighted by Crippen LogP contribution is 2.48. The first kappa shape index (κ1) is 23.9. The number of halogens is 1. The first-order valence-corrected chi connectivity index (χ1v) is 10.5. The molecule has 0 aromatic heterocycles. The van der Waals surface area contributed by atoms with Crippen LogP contribution in [-0.2, 0) is 14.6 Å². The fourth-order valence-electron chi connectivity index (χ4n) is 3.41. The van der Waals surface area contributed by atoms with Crippen molar-refractivity contribution in [3.63, 3.8) is 0 Å². The Bertz CT molecular complexity index is 493. The molecule has 0 amide bonds. The van der Waals surface area contributed by atoms with Gasteiger partial charge in [-0.1, -0.05) is 20.8 Å². The average Bonchev–Trinajstić information content (AvgIpc) is 2.53. The van der Waals surface area contributed by atoms with Crippen LogP contribution in [0.4, 0.5) is 0 Å². The summed E-state index contributed by atoms with van der Waals surface area (Å²) in [7, 11) is -1.25. The van der Waals surface area contributed by atoms with Crippen LogP contribution in [-0.4, -0.2) is 58.2 Å². The van der Waals surface area contributed by atoms with E-state index in [2.05, 4.69) is 29.5 Å². The van der Waals surface area contributed by atoms with E-state index in [1.807, 2.05) is 6.92 Å². The lowest BCUT2D eigenvalue weighted by molar-refractivity contribution is -0.133. The molecule has 144 valence electrons. The first-order valence-electron chi connectivity index (χ1n) is 8.68. The summed E-state index contributed by atoms with van der Waals surface area (Å²) in [5.41, 5.74) is 0.128. The highest BCUT2D eigenvalue weighted by molar-refractivity contribution is 14.0. The monoisotopic (exact) mass is 475 g/mol. The smallest absolute Gasteiger partial charge is 0.191 e. The summed E-state index contributed by atoms with van der Waals surface area (Å²) in [5, 5.41) is 6.56. The van der Waals surface area contributed by atoms with Gasteiger partial charge in [0.1, 0.15) is 0 Å². The molecule has 0 aromatic rings. The molecule has 0 radical (unpaired) electrons. The second-order valence-corrected chi connectivity index (χ2v) is 8.52. The van der Waals surface area contributed by atoms with E-state index >= 15 is 0 Å². The normalized spacial score (nSPS) is 23.1. The van der Waals surface area contributed by atoms with Gasteiger partial charge in [0.15, 0.2) is 15.8 Å². The van der Waals surface area contributed by atoms with Crippen LogP contribution in [0.3, 0.4) is 0 Å². The summed E-state index contributed by atoms with van der Waals surface area (Å²) in [5.74, 6) is 0.972. The molecule has 1 saturated carbocycles. The third-order valence-electron chi connectivity index (χ3n) is 5.15. The number of sulfone groups is 1. The van der Waals surface area contributed by atoms with Crippen LogP contribution >= 0.6 is 24.0 Å². The molecular formula is C16H34IN3O3S. The Morgan fingerprint density at radius 2 is 1.88 bits per heavy atom. The molecule has 1 fully saturated rings. The van der Waals surface area contributed by atoms with Gasteiger partial charge < -0.3 is 15.4 Å². The topological polar surface area (TPSA) is 79.8 Å². The van der Waals surface area contributed by atoms with Gasteiger partial charge in [0, 0.05) is 37.4 Å². The fourth-order valence-corrected chi connectivity index (χ4v) is 4.11. The van der Waals surface area contributed by atoms with Crippen molar-refractivity contribution in [1.82, 2.24) is 10.6 Å². The number of aliphatic imine (C=N–C) groups is 1. The van der Waals surface area contributed by atoms with Crippen LogP contribution in [0.25, 0.3) is 0 Å². The Kier molecular flexibility index (Phi) is 10.8. The van der Waals surface area contributed by atoms with Crippen molar-refractivity contribution >= 4 is 39.8 Å². The molecule has 1 aliphatic carbocycles. The fraction of sp³-hybridized carbons (Fsp3) is 0.938. The number of ether oxygens (including phenoxy) is 1. The van der Waals surface area contributed by atoms with Gasteiger partial charge in [-0.3, -0.25) is 4.99 Å². The van der Waals surface area contributed by atoms with Crippen molar-refractivity contribution in [2.45, 2.75) is 59.1 Å². The molecule has 2 N–H and O–H groups in total. The van der Waals surface area contributed by atoms with Crippen molar-refractivity contribution in [2.24, 2.45) is 10.4 Å². The molecule has 24 heavy (non-hydrogen) atoms. The quantitative estimate of drug-likeness (QED) is 0.304. The van der Waals surface area contributed by atoms with Gasteiger partial charge in [-0.05, 0) is 26.2 Å². The number of hydrogen-bond donors (Lipinski definition) is 2. The molecule has 0 aromatic carbocycles. The highest BCUT2D eigenvalue weighted by Gasteiger charge is 2.53. The predicted molar refractivity (Wildman–Crippen MR) is 111 cm³/mol. The Hall–Kier alpha value is -0.0900. The van der Waals surface area contributed by atoms with E-state index < -0.39 is 9.84 Å². The van der Waals surface area contributed by atoms with Crippen molar-refractivity contribution in [3.8, 4) is 0 Å². The first-order chi connectivity index (χ1) is 10.9. The average molecular weight is 475 g/mol. The number of guanidine groups is 1. The standard InChI is InChI=1S/C16H33N3O3S.HI/c1-6-16(7-2)13(12-14(16)22-8-3)19-15(17-5)18-10-11-23(20,21)9-4;/h13-14H,6-12H2,1-5H3,(H2,17,18,19);1H. The van der Waals surface area contributed by atoms with Crippen LogP contribution < -0.4 is 10.6 Å². The van der Waals surface area contributed by atoms with Crippen LogP contribution in [0.15, 0.2) is 4.99 Å². The van der Waals surface area contributed by atoms with Crippen LogP contribution in [0.5, 0.6) is 0 Å². The summed E-state index contributed by atoms with van der Waals surface area (Å²) >= 11 is 0. The molecule has 2 unspecified atom stereocenters.